The van der Waals surface area contributed by atoms with Crippen molar-refractivity contribution in [1.82, 2.24) is 0 Å². The van der Waals surface area contributed by atoms with Gasteiger partial charge in [0.1, 0.15) is 5.75 Å². The Kier molecular flexibility index (Phi) is 4.88. The smallest absolute Gasteiger partial charge is 0.121 e. The fourth-order valence-electron chi connectivity index (χ4n) is 0.946. The zero-order valence-electron chi connectivity index (χ0n) is 7.52. The number of hydrogen-bond donors (Lipinski definition) is 0. The van der Waals surface area contributed by atoms with Crippen molar-refractivity contribution < 1.29 is 4.74 Å². The van der Waals surface area contributed by atoms with Crippen LogP contribution in [0.5, 0.6) is 5.75 Å². The fraction of sp³-hybridized carbons (Fsp3) is 0.400. The second-order valence-electron chi connectivity index (χ2n) is 2.81. The summed E-state index contributed by atoms with van der Waals surface area (Å²) in [5.74, 6) is 0.866. The summed E-state index contributed by atoms with van der Waals surface area (Å²) in [6.45, 7) is 2.91. The number of halogens is 2. The van der Waals surface area contributed by atoms with Gasteiger partial charge < -0.3 is 4.74 Å². The third-order valence-electron chi connectivity index (χ3n) is 1.60. The van der Waals surface area contributed by atoms with Gasteiger partial charge in [0.2, 0.25) is 0 Å². The minimum absolute atomic E-state index is 0.735. The van der Waals surface area contributed by atoms with Crippen LogP contribution in [0.3, 0.4) is 0 Å². The number of rotatable bonds is 4. The van der Waals surface area contributed by atoms with E-state index in [1.54, 1.807) is 0 Å². The molecule has 0 saturated heterocycles. The van der Waals surface area contributed by atoms with Gasteiger partial charge in [-0.25, -0.2) is 0 Å². The molecule has 0 aliphatic rings. The first-order valence-electron chi connectivity index (χ1n) is 4.31. The molecule has 0 amide bonds. The molecule has 1 aromatic rings. The molecule has 0 atom stereocenters. The van der Waals surface area contributed by atoms with Crippen LogP contribution in [0, 0.1) is 3.57 Å². The molecule has 0 aliphatic heterocycles. The Morgan fingerprint density at radius 2 is 2.15 bits per heavy atom. The third-order valence-corrected chi connectivity index (χ3v) is 2.44. The number of hydrogen-bond acceptors (Lipinski definition) is 1. The average Bonchev–Trinajstić information content (AvgIpc) is 2.03. The lowest BCUT2D eigenvalue weighted by atomic mass is 10.3. The summed E-state index contributed by atoms with van der Waals surface area (Å²) in [6, 6.07) is 5.75. The van der Waals surface area contributed by atoms with E-state index in [0.717, 1.165) is 33.8 Å². The summed E-state index contributed by atoms with van der Waals surface area (Å²) in [6.07, 6.45) is 2.24. The van der Waals surface area contributed by atoms with Gasteiger partial charge in [0, 0.05) is 8.59 Å². The zero-order valence-corrected chi connectivity index (χ0v) is 10.4. The molecule has 0 aromatic heterocycles. The van der Waals surface area contributed by atoms with E-state index >= 15 is 0 Å². The Morgan fingerprint density at radius 3 is 2.77 bits per heavy atom. The molecule has 0 spiro atoms. The summed E-state index contributed by atoms with van der Waals surface area (Å²) in [5.41, 5.74) is 0. The first-order chi connectivity index (χ1) is 6.22. The Bertz CT molecular complexity index is 255. The minimum Gasteiger partial charge on any atom is -0.494 e. The monoisotopic (exact) mass is 310 g/mol. The van der Waals surface area contributed by atoms with Crippen molar-refractivity contribution in [2.24, 2.45) is 0 Å². The van der Waals surface area contributed by atoms with Crippen LogP contribution >= 0.6 is 34.2 Å². The maximum Gasteiger partial charge on any atom is 0.121 e. The topological polar surface area (TPSA) is 9.23 Å². The van der Waals surface area contributed by atoms with Crippen LogP contribution in [0.15, 0.2) is 18.2 Å². The van der Waals surface area contributed by atoms with Crippen molar-refractivity contribution in [2.45, 2.75) is 19.8 Å². The van der Waals surface area contributed by atoms with Crippen LogP contribution in [0.25, 0.3) is 0 Å². The van der Waals surface area contributed by atoms with Crippen molar-refractivity contribution in [3.05, 3.63) is 26.8 Å². The van der Waals surface area contributed by atoms with Crippen LogP contribution < -0.4 is 4.74 Å². The molecule has 1 aromatic carbocycles. The molecule has 0 heterocycles. The number of unbranched alkanes of at least 4 members (excludes halogenated alkanes) is 1. The highest BCUT2D eigenvalue weighted by Crippen LogP contribution is 2.22. The predicted octanol–water partition coefficient (Wildman–Crippen LogP) is 4.12. The molecular weight excluding hydrogens is 298 g/mol. The van der Waals surface area contributed by atoms with Gasteiger partial charge in [-0.2, -0.15) is 0 Å². The summed E-state index contributed by atoms with van der Waals surface area (Å²) in [7, 11) is 0. The molecule has 13 heavy (non-hydrogen) atoms. The lowest BCUT2D eigenvalue weighted by molar-refractivity contribution is 0.309. The Morgan fingerprint density at radius 1 is 1.38 bits per heavy atom. The van der Waals surface area contributed by atoms with Gasteiger partial charge in [-0.05, 0) is 47.2 Å². The number of benzene rings is 1. The van der Waals surface area contributed by atoms with Gasteiger partial charge in [-0.3, -0.25) is 0 Å². The van der Waals surface area contributed by atoms with Crippen LogP contribution in [0.4, 0.5) is 0 Å². The van der Waals surface area contributed by atoms with E-state index in [4.69, 9.17) is 16.3 Å². The third kappa shape index (κ3) is 4.18. The minimum atomic E-state index is 0.735. The summed E-state index contributed by atoms with van der Waals surface area (Å²) in [5, 5.41) is 0.735. The van der Waals surface area contributed by atoms with Crippen molar-refractivity contribution in [2.75, 3.05) is 6.61 Å². The standard InChI is InChI=1S/C10H12ClIO/c1-2-3-4-13-10-6-8(11)5-9(12)7-10/h5-7H,2-4H2,1H3. The lowest BCUT2D eigenvalue weighted by Crippen LogP contribution is -1.96. The summed E-state index contributed by atoms with van der Waals surface area (Å²) in [4.78, 5) is 0. The van der Waals surface area contributed by atoms with Gasteiger partial charge in [0.25, 0.3) is 0 Å². The van der Waals surface area contributed by atoms with Gasteiger partial charge >= 0.3 is 0 Å². The van der Waals surface area contributed by atoms with E-state index in [2.05, 4.69) is 29.5 Å². The first-order valence-corrected chi connectivity index (χ1v) is 5.77. The molecule has 0 unspecified atom stereocenters. The maximum absolute atomic E-state index is 5.88. The van der Waals surface area contributed by atoms with Gasteiger partial charge in [0.15, 0.2) is 0 Å². The highest BCUT2D eigenvalue weighted by molar-refractivity contribution is 14.1. The van der Waals surface area contributed by atoms with Gasteiger partial charge in [0.05, 0.1) is 6.61 Å². The highest BCUT2D eigenvalue weighted by atomic mass is 127. The summed E-state index contributed by atoms with van der Waals surface area (Å²) < 4.78 is 6.63. The average molecular weight is 311 g/mol. The molecule has 0 N–H and O–H groups in total. The SMILES string of the molecule is CCCCOc1cc(Cl)cc(I)c1. The van der Waals surface area contributed by atoms with E-state index in [1.807, 2.05) is 18.2 Å². The maximum atomic E-state index is 5.88. The van der Waals surface area contributed by atoms with Crippen molar-refractivity contribution >= 4 is 34.2 Å². The molecule has 0 fully saturated rings. The van der Waals surface area contributed by atoms with E-state index in [-0.39, 0.29) is 0 Å². The largest absolute Gasteiger partial charge is 0.494 e. The van der Waals surface area contributed by atoms with Crippen LogP contribution in [-0.2, 0) is 0 Å². The van der Waals surface area contributed by atoms with E-state index < -0.39 is 0 Å². The molecule has 0 saturated carbocycles. The van der Waals surface area contributed by atoms with Crippen molar-refractivity contribution in [3.63, 3.8) is 0 Å². The van der Waals surface area contributed by atoms with Crippen LogP contribution in [0.2, 0.25) is 5.02 Å². The molecule has 0 bridgehead atoms. The summed E-state index contributed by atoms with van der Waals surface area (Å²) >= 11 is 8.11. The van der Waals surface area contributed by atoms with Crippen LogP contribution in [0.1, 0.15) is 19.8 Å². The Balaban J connectivity index is 2.56. The second kappa shape index (κ2) is 5.70. The lowest BCUT2D eigenvalue weighted by Gasteiger charge is -2.05. The fourth-order valence-corrected chi connectivity index (χ4v) is 2.00. The Labute approximate surface area is 97.6 Å². The van der Waals surface area contributed by atoms with Gasteiger partial charge in [-0.15, -0.1) is 0 Å². The molecule has 0 radical (unpaired) electrons. The quantitative estimate of drug-likeness (QED) is 0.600. The predicted molar refractivity (Wildman–Crippen MR) is 64.6 cm³/mol. The van der Waals surface area contributed by atoms with E-state index in [0.29, 0.717) is 0 Å². The molecular formula is C10H12ClIO. The molecule has 1 rings (SSSR count). The molecule has 3 heteroatoms. The van der Waals surface area contributed by atoms with Crippen molar-refractivity contribution in [3.8, 4) is 5.75 Å². The molecule has 72 valence electrons. The highest BCUT2D eigenvalue weighted by Gasteiger charge is 1.97. The molecule has 0 aliphatic carbocycles. The first kappa shape index (κ1) is 11.1. The van der Waals surface area contributed by atoms with E-state index in [1.165, 1.54) is 0 Å². The number of ether oxygens (including phenoxy) is 1. The normalized spacial score (nSPS) is 10.1. The van der Waals surface area contributed by atoms with Crippen LogP contribution in [-0.4, -0.2) is 6.61 Å². The zero-order chi connectivity index (χ0) is 9.68. The van der Waals surface area contributed by atoms with Gasteiger partial charge in [-0.1, -0.05) is 24.9 Å². The molecule has 1 nitrogen and oxygen atoms in total. The van der Waals surface area contributed by atoms with Crippen molar-refractivity contribution in [1.29, 1.82) is 0 Å². The Hall–Kier alpha value is 0.0400. The second-order valence-corrected chi connectivity index (χ2v) is 4.49. The van der Waals surface area contributed by atoms with E-state index in [9.17, 15) is 0 Å².